The molecule has 1 aliphatic heterocycles. The third-order valence-corrected chi connectivity index (χ3v) is 5.49. The fourth-order valence-electron chi connectivity index (χ4n) is 4.00. The van der Waals surface area contributed by atoms with Gasteiger partial charge in [-0.15, -0.1) is 0 Å². The Morgan fingerprint density at radius 2 is 2.07 bits per heavy atom. The zero-order valence-corrected chi connectivity index (χ0v) is 16.5. The SMILES string of the molecule is CC1Cc2ccccc2N1Cc1occc1C(=O)Nc1cccc(-c2cnco2)c1. The van der Waals surface area contributed by atoms with Crippen molar-refractivity contribution in [1.82, 2.24) is 4.98 Å². The van der Waals surface area contributed by atoms with Gasteiger partial charge >= 0.3 is 0 Å². The van der Waals surface area contributed by atoms with Crippen LogP contribution in [0.4, 0.5) is 11.4 Å². The van der Waals surface area contributed by atoms with Gasteiger partial charge in [-0.05, 0) is 43.2 Å². The van der Waals surface area contributed by atoms with E-state index in [1.165, 1.54) is 17.6 Å². The van der Waals surface area contributed by atoms with Gasteiger partial charge in [0.05, 0.1) is 24.6 Å². The molecular weight excluding hydrogens is 378 g/mol. The zero-order valence-electron chi connectivity index (χ0n) is 16.5. The molecule has 0 saturated heterocycles. The molecule has 2 aromatic heterocycles. The molecule has 5 rings (SSSR count). The standard InChI is InChI=1S/C24H21N3O3/c1-16-11-17-5-2-3-8-21(17)27(16)14-23-20(9-10-29-23)24(28)26-19-7-4-6-18(12-19)22-13-25-15-30-22/h2-10,12-13,15-16H,11,14H2,1H3,(H,26,28). The van der Waals surface area contributed by atoms with Crippen LogP contribution in [-0.2, 0) is 13.0 Å². The lowest BCUT2D eigenvalue weighted by Gasteiger charge is -2.24. The van der Waals surface area contributed by atoms with Crippen LogP contribution in [0.3, 0.4) is 0 Å². The van der Waals surface area contributed by atoms with Crippen molar-refractivity contribution >= 4 is 17.3 Å². The molecule has 0 spiro atoms. The molecule has 1 N–H and O–H groups in total. The Labute approximate surface area is 174 Å². The Morgan fingerprint density at radius 1 is 1.17 bits per heavy atom. The van der Waals surface area contributed by atoms with Crippen LogP contribution in [-0.4, -0.2) is 16.9 Å². The molecule has 6 nitrogen and oxygen atoms in total. The minimum absolute atomic E-state index is 0.200. The van der Waals surface area contributed by atoms with Crippen LogP contribution in [0, 0.1) is 0 Å². The number of oxazole rings is 1. The molecule has 1 atom stereocenters. The third kappa shape index (κ3) is 3.37. The van der Waals surface area contributed by atoms with E-state index >= 15 is 0 Å². The number of aromatic nitrogens is 1. The summed E-state index contributed by atoms with van der Waals surface area (Å²) >= 11 is 0. The van der Waals surface area contributed by atoms with Crippen molar-refractivity contribution in [2.75, 3.05) is 10.2 Å². The fourth-order valence-corrected chi connectivity index (χ4v) is 4.00. The molecule has 4 aromatic rings. The van der Waals surface area contributed by atoms with Gasteiger partial charge in [-0.1, -0.05) is 30.3 Å². The maximum Gasteiger partial charge on any atom is 0.259 e. The maximum atomic E-state index is 13.0. The van der Waals surface area contributed by atoms with Crippen LogP contribution in [0.5, 0.6) is 0 Å². The maximum absolute atomic E-state index is 13.0. The summed E-state index contributed by atoms with van der Waals surface area (Å²) in [6.45, 7) is 2.74. The van der Waals surface area contributed by atoms with Crippen LogP contribution in [0.25, 0.3) is 11.3 Å². The monoisotopic (exact) mass is 399 g/mol. The molecule has 0 bridgehead atoms. The molecule has 1 aliphatic rings. The van der Waals surface area contributed by atoms with Crippen LogP contribution in [0.2, 0.25) is 0 Å². The first-order valence-corrected chi connectivity index (χ1v) is 9.90. The van der Waals surface area contributed by atoms with E-state index in [2.05, 4.69) is 40.3 Å². The molecule has 1 amide bonds. The van der Waals surface area contributed by atoms with Crippen molar-refractivity contribution in [2.45, 2.75) is 25.9 Å². The van der Waals surface area contributed by atoms with E-state index in [9.17, 15) is 4.79 Å². The molecular formula is C24H21N3O3. The molecule has 150 valence electrons. The van der Waals surface area contributed by atoms with E-state index in [0.717, 1.165) is 12.0 Å². The van der Waals surface area contributed by atoms with E-state index in [1.807, 2.05) is 30.3 Å². The molecule has 6 heteroatoms. The number of nitrogens with zero attached hydrogens (tertiary/aromatic N) is 2. The topological polar surface area (TPSA) is 71.5 Å². The quantitative estimate of drug-likeness (QED) is 0.503. The molecule has 0 radical (unpaired) electrons. The van der Waals surface area contributed by atoms with Crippen molar-refractivity contribution < 1.29 is 13.6 Å². The van der Waals surface area contributed by atoms with E-state index in [0.29, 0.717) is 35.4 Å². The van der Waals surface area contributed by atoms with Gasteiger partial charge in [0.2, 0.25) is 0 Å². The summed E-state index contributed by atoms with van der Waals surface area (Å²) in [4.78, 5) is 19.2. The first-order valence-electron chi connectivity index (χ1n) is 9.90. The molecule has 3 heterocycles. The number of carbonyl (C=O) groups is 1. The number of benzene rings is 2. The summed E-state index contributed by atoms with van der Waals surface area (Å²) in [5.74, 6) is 1.10. The van der Waals surface area contributed by atoms with Crippen molar-refractivity contribution in [3.05, 3.63) is 90.3 Å². The summed E-state index contributed by atoms with van der Waals surface area (Å²) < 4.78 is 11.0. The number of carbonyl (C=O) groups excluding carboxylic acids is 1. The third-order valence-electron chi connectivity index (χ3n) is 5.49. The van der Waals surface area contributed by atoms with Gasteiger partial charge in [0.1, 0.15) is 5.76 Å². The number of hydrogen-bond donors (Lipinski definition) is 1. The second kappa shape index (κ2) is 7.55. The number of para-hydroxylation sites is 1. The Kier molecular flexibility index (Phi) is 4.59. The molecule has 0 saturated carbocycles. The Balaban J connectivity index is 1.35. The highest BCUT2D eigenvalue weighted by Crippen LogP contribution is 2.33. The Morgan fingerprint density at radius 3 is 2.93 bits per heavy atom. The van der Waals surface area contributed by atoms with Crippen molar-refractivity contribution in [3.63, 3.8) is 0 Å². The van der Waals surface area contributed by atoms with Crippen LogP contribution in [0.1, 0.15) is 28.6 Å². The summed E-state index contributed by atoms with van der Waals surface area (Å²) in [6, 6.07) is 17.9. The molecule has 1 unspecified atom stereocenters. The highest BCUT2D eigenvalue weighted by molar-refractivity contribution is 6.05. The predicted molar refractivity (Wildman–Crippen MR) is 114 cm³/mol. The molecule has 0 aliphatic carbocycles. The minimum Gasteiger partial charge on any atom is -0.467 e. The Bertz CT molecular complexity index is 1180. The van der Waals surface area contributed by atoms with Gasteiger partial charge in [-0.2, -0.15) is 0 Å². The van der Waals surface area contributed by atoms with E-state index in [-0.39, 0.29) is 5.91 Å². The average Bonchev–Trinajstić information content (AvgIpc) is 3.50. The zero-order chi connectivity index (χ0) is 20.5. The van der Waals surface area contributed by atoms with E-state index < -0.39 is 0 Å². The summed E-state index contributed by atoms with van der Waals surface area (Å²) in [5, 5.41) is 2.96. The van der Waals surface area contributed by atoms with Gasteiger partial charge in [-0.3, -0.25) is 4.79 Å². The smallest absolute Gasteiger partial charge is 0.259 e. The van der Waals surface area contributed by atoms with Crippen molar-refractivity contribution in [2.24, 2.45) is 0 Å². The molecule has 0 fully saturated rings. The van der Waals surface area contributed by atoms with Gasteiger partial charge in [0.25, 0.3) is 5.91 Å². The van der Waals surface area contributed by atoms with Crippen molar-refractivity contribution in [1.29, 1.82) is 0 Å². The number of hydrogen-bond acceptors (Lipinski definition) is 5. The van der Waals surface area contributed by atoms with Gasteiger partial charge < -0.3 is 19.1 Å². The molecule has 30 heavy (non-hydrogen) atoms. The number of furan rings is 1. The lowest BCUT2D eigenvalue weighted by Crippen LogP contribution is -2.29. The van der Waals surface area contributed by atoms with Crippen LogP contribution >= 0.6 is 0 Å². The lowest BCUT2D eigenvalue weighted by atomic mass is 10.1. The predicted octanol–water partition coefficient (Wildman–Crippen LogP) is 5.14. The first kappa shape index (κ1) is 18.2. The second-order valence-corrected chi connectivity index (χ2v) is 7.47. The number of fused-ring (bicyclic) bond motifs is 1. The normalized spacial score (nSPS) is 15.2. The fraction of sp³-hybridized carbons (Fsp3) is 0.167. The van der Waals surface area contributed by atoms with Crippen LogP contribution < -0.4 is 10.2 Å². The van der Waals surface area contributed by atoms with E-state index in [1.54, 1.807) is 18.5 Å². The van der Waals surface area contributed by atoms with Gasteiger partial charge in [-0.25, -0.2) is 4.98 Å². The van der Waals surface area contributed by atoms with Crippen LogP contribution in [0.15, 0.2) is 82.3 Å². The summed E-state index contributed by atoms with van der Waals surface area (Å²) in [6.07, 6.45) is 5.59. The molecule has 2 aromatic carbocycles. The first-order chi connectivity index (χ1) is 14.7. The van der Waals surface area contributed by atoms with Gasteiger partial charge in [0, 0.05) is 23.0 Å². The van der Waals surface area contributed by atoms with E-state index in [4.69, 9.17) is 8.83 Å². The Hall–Kier alpha value is -3.80. The number of amides is 1. The number of anilines is 2. The second-order valence-electron chi connectivity index (χ2n) is 7.47. The number of nitrogens with one attached hydrogen (secondary N) is 1. The minimum atomic E-state index is -0.200. The summed E-state index contributed by atoms with van der Waals surface area (Å²) in [5.41, 5.74) is 4.59. The van der Waals surface area contributed by atoms with Crippen molar-refractivity contribution in [3.8, 4) is 11.3 Å². The van der Waals surface area contributed by atoms with Gasteiger partial charge in [0.15, 0.2) is 12.2 Å². The number of rotatable bonds is 5. The lowest BCUT2D eigenvalue weighted by molar-refractivity contribution is 0.102. The highest BCUT2D eigenvalue weighted by atomic mass is 16.3. The summed E-state index contributed by atoms with van der Waals surface area (Å²) in [7, 11) is 0. The highest BCUT2D eigenvalue weighted by Gasteiger charge is 2.28. The average molecular weight is 399 g/mol. The largest absolute Gasteiger partial charge is 0.467 e.